The molecule has 1 saturated heterocycles. The molecule has 1 aliphatic heterocycles. The topological polar surface area (TPSA) is 81.9 Å². The normalized spacial score (nSPS) is 18.7. The first kappa shape index (κ1) is 16.2. The van der Waals surface area contributed by atoms with Crippen LogP contribution in [0.5, 0.6) is 5.75 Å². The third-order valence-corrected chi connectivity index (χ3v) is 3.79. The third kappa shape index (κ3) is 3.73. The Morgan fingerprint density at radius 3 is 2.86 bits per heavy atom. The highest BCUT2D eigenvalue weighted by Gasteiger charge is 2.26. The van der Waals surface area contributed by atoms with Crippen LogP contribution in [0.15, 0.2) is 18.2 Å². The minimum absolute atomic E-state index is 0.00178. The molecule has 0 aliphatic carbocycles. The zero-order valence-corrected chi connectivity index (χ0v) is 12.8. The van der Waals surface area contributed by atoms with Gasteiger partial charge in [-0.25, -0.2) is 4.79 Å². The fourth-order valence-electron chi connectivity index (χ4n) is 2.71. The van der Waals surface area contributed by atoms with E-state index in [1.165, 1.54) is 18.2 Å². The predicted octanol–water partition coefficient (Wildman–Crippen LogP) is 3.29. The van der Waals surface area contributed by atoms with Crippen molar-refractivity contribution in [3.8, 4) is 5.75 Å². The number of nitro benzene ring substituents is 1. The number of likely N-dealkylation sites (tertiary alicyclic amines) is 1. The van der Waals surface area contributed by atoms with Crippen molar-refractivity contribution in [2.24, 2.45) is 0 Å². The van der Waals surface area contributed by atoms with Gasteiger partial charge in [0.05, 0.1) is 11.5 Å². The van der Waals surface area contributed by atoms with E-state index < -0.39 is 11.1 Å². The van der Waals surface area contributed by atoms with Crippen LogP contribution in [0.25, 0.3) is 0 Å². The molecule has 0 saturated carbocycles. The number of benzene rings is 1. The number of ether oxygens (including phenoxy) is 2. The number of carbonyl (C=O) groups is 1. The van der Waals surface area contributed by atoms with Crippen LogP contribution in [0.1, 0.15) is 37.8 Å². The Morgan fingerprint density at radius 2 is 2.23 bits per heavy atom. The summed E-state index contributed by atoms with van der Waals surface area (Å²) in [5, 5.41) is 11.0. The Balaban J connectivity index is 2.35. The van der Waals surface area contributed by atoms with Gasteiger partial charge in [-0.05, 0) is 39.4 Å². The second-order valence-electron chi connectivity index (χ2n) is 5.26. The molecule has 120 valence electrons. The molecule has 1 aliphatic rings. The van der Waals surface area contributed by atoms with Crippen LogP contribution < -0.4 is 4.74 Å². The van der Waals surface area contributed by atoms with E-state index in [1.54, 1.807) is 6.92 Å². The lowest BCUT2D eigenvalue weighted by Gasteiger charge is -2.33. The van der Waals surface area contributed by atoms with Gasteiger partial charge in [0.25, 0.3) is 5.69 Å². The summed E-state index contributed by atoms with van der Waals surface area (Å²) in [5.74, 6) is 0.322. The molecule has 0 N–H and O–H groups in total. The summed E-state index contributed by atoms with van der Waals surface area (Å²) in [6.07, 6.45) is 2.21. The summed E-state index contributed by atoms with van der Waals surface area (Å²) in [6.45, 7) is 2.81. The molecule has 0 amide bonds. The molecule has 1 aromatic carbocycles. The van der Waals surface area contributed by atoms with Crippen molar-refractivity contribution in [3.05, 3.63) is 33.9 Å². The fourth-order valence-corrected chi connectivity index (χ4v) is 2.71. The van der Waals surface area contributed by atoms with Crippen LogP contribution >= 0.6 is 0 Å². The molecule has 0 bridgehead atoms. The molecule has 7 nitrogen and oxygen atoms in total. The quantitative estimate of drug-likeness (QED) is 0.367. The van der Waals surface area contributed by atoms with Gasteiger partial charge in [0.15, 0.2) is 0 Å². The Morgan fingerprint density at radius 1 is 1.45 bits per heavy atom. The van der Waals surface area contributed by atoms with Gasteiger partial charge in [0, 0.05) is 23.7 Å². The summed E-state index contributed by atoms with van der Waals surface area (Å²) in [5.41, 5.74) is 0.648. The van der Waals surface area contributed by atoms with Gasteiger partial charge in [0.1, 0.15) is 5.75 Å². The van der Waals surface area contributed by atoms with Gasteiger partial charge in [-0.15, -0.1) is 0 Å². The van der Waals surface area contributed by atoms with Crippen molar-refractivity contribution in [3.63, 3.8) is 0 Å². The maximum Gasteiger partial charge on any atom is 0.513 e. The first-order valence-corrected chi connectivity index (χ1v) is 7.36. The van der Waals surface area contributed by atoms with Crippen LogP contribution in [0.2, 0.25) is 0 Å². The molecule has 7 heteroatoms. The summed E-state index contributed by atoms with van der Waals surface area (Å²) in [7, 11) is 1.97. The number of hydrogen-bond donors (Lipinski definition) is 0. The molecule has 1 fully saturated rings. The molecular formula is C15H20N2O5. The second kappa shape index (κ2) is 7.22. The molecule has 0 spiro atoms. The Bertz CT molecular complexity index is 561. The summed E-state index contributed by atoms with van der Waals surface area (Å²) in [6, 6.07) is 4.28. The van der Waals surface area contributed by atoms with Gasteiger partial charge in [-0.2, -0.15) is 0 Å². The Hall–Kier alpha value is -2.15. The van der Waals surface area contributed by atoms with Crippen LogP contribution in [0, 0.1) is 10.1 Å². The first-order valence-electron chi connectivity index (χ1n) is 7.36. The molecule has 1 atom stereocenters. The lowest BCUT2D eigenvalue weighted by Crippen LogP contribution is -2.30. The Kier molecular flexibility index (Phi) is 5.32. The van der Waals surface area contributed by atoms with Crippen LogP contribution in [0.4, 0.5) is 10.5 Å². The number of hydrogen-bond acceptors (Lipinski definition) is 6. The summed E-state index contributed by atoms with van der Waals surface area (Å²) in [4.78, 5) is 24.3. The molecule has 2 rings (SSSR count). The maximum atomic E-state index is 11.6. The fraction of sp³-hybridized carbons (Fsp3) is 0.533. The highest BCUT2D eigenvalue weighted by Crippen LogP contribution is 2.37. The molecule has 1 aromatic rings. The van der Waals surface area contributed by atoms with Gasteiger partial charge in [-0.3, -0.25) is 15.0 Å². The van der Waals surface area contributed by atoms with Crippen molar-refractivity contribution in [2.75, 3.05) is 20.2 Å². The summed E-state index contributed by atoms with van der Waals surface area (Å²) >= 11 is 0. The van der Waals surface area contributed by atoms with Crippen molar-refractivity contribution in [1.29, 1.82) is 0 Å². The number of non-ortho nitro benzene ring substituents is 1. The lowest BCUT2D eigenvalue weighted by molar-refractivity contribution is -0.385. The number of carbonyl (C=O) groups excluding carboxylic acids is 1. The van der Waals surface area contributed by atoms with Crippen molar-refractivity contribution in [2.45, 2.75) is 32.2 Å². The molecular weight excluding hydrogens is 288 g/mol. The largest absolute Gasteiger partial charge is 0.513 e. The monoisotopic (exact) mass is 308 g/mol. The zero-order valence-electron chi connectivity index (χ0n) is 12.8. The SMILES string of the molecule is CCOC(=O)Oc1ccc([N+](=O)[O-])cc1C1CCCCN1C. The number of piperidine rings is 1. The average Bonchev–Trinajstić information content (AvgIpc) is 2.48. The van der Waals surface area contributed by atoms with E-state index in [1.807, 2.05) is 7.05 Å². The number of nitro groups is 1. The van der Waals surface area contributed by atoms with Crippen LogP contribution in [-0.2, 0) is 4.74 Å². The minimum Gasteiger partial charge on any atom is -0.434 e. The van der Waals surface area contributed by atoms with Gasteiger partial charge < -0.3 is 9.47 Å². The van der Waals surface area contributed by atoms with E-state index in [4.69, 9.17) is 9.47 Å². The molecule has 0 aromatic heterocycles. The van der Waals surface area contributed by atoms with Crippen molar-refractivity contribution < 1.29 is 19.2 Å². The van der Waals surface area contributed by atoms with E-state index in [0.717, 1.165) is 25.8 Å². The molecule has 1 heterocycles. The number of rotatable bonds is 4. The molecule has 0 radical (unpaired) electrons. The highest BCUT2D eigenvalue weighted by molar-refractivity contribution is 5.65. The van der Waals surface area contributed by atoms with E-state index in [-0.39, 0.29) is 18.3 Å². The summed E-state index contributed by atoms with van der Waals surface area (Å²) < 4.78 is 10.00. The van der Waals surface area contributed by atoms with Crippen LogP contribution in [0.3, 0.4) is 0 Å². The first-order chi connectivity index (χ1) is 10.5. The van der Waals surface area contributed by atoms with Crippen molar-refractivity contribution in [1.82, 2.24) is 4.90 Å². The number of nitrogens with zero attached hydrogens (tertiary/aromatic N) is 2. The van der Waals surface area contributed by atoms with Crippen molar-refractivity contribution >= 4 is 11.8 Å². The highest BCUT2D eigenvalue weighted by atomic mass is 16.7. The average molecular weight is 308 g/mol. The minimum atomic E-state index is -0.795. The van der Waals surface area contributed by atoms with E-state index >= 15 is 0 Å². The van der Waals surface area contributed by atoms with Crippen LogP contribution in [-0.4, -0.2) is 36.2 Å². The zero-order chi connectivity index (χ0) is 16.1. The molecule has 1 unspecified atom stereocenters. The predicted molar refractivity (Wildman–Crippen MR) is 80.0 cm³/mol. The van der Waals surface area contributed by atoms with E-state index in [2.05, 4.69) is 4.90 Å². The van der Waals surface area contributed by atoms with Gasteiger partial charge >= 0.3 is 6.16 Å². The van der Waals surface area contributed by atoms with Gasteiger partial charge in [-0.1, -0.05) is 6.42 Å². The Labute approximate surface area is 129 Å². The van der Waals surface area contributed by atoms with E-state index in [0.29, 0.717) is 11.3 Å². The maximum absolute atomic E-state index is 11.6. The smallest absolute Gasteiger partial charge is 0.434 e. The lowest BCUT2D eigenvalue weighted by atomic mass is 9.95. The molecule has 22 heavy (non-hydrogen) atoms. The standard InChI is InChI=1S/C15H20N2O5/c1-3-21-15(18)22-14-8-7-11(17(19)20)10-12(14)13-6-4-5-9-16(13)2/h7-8,10,13H,3-6,9H2,1-2H3. The second-order valence-corrected chi connectivity index (χ2v) is 5.26. The van der Waals surface area contributed by atoms with E-state index in [9.17, 15) is 14.9 Å². The third-order valence-electron chi connectivity index (χ3n) is 3.79. The van der Waals surface area contributed by atoms with Gasteiger partial charge in [0.2, 0.25) is 0 Å².